The summed E-state index contributed by atoms with van der Waals surface area (Å²) in [4.78, 5) is 29.7. The van der Waals surface area contributed by atoms with E-state index in [0.29, 0.717) is 36.0 Å². The van der Waals surface area contributed by atoms with Crippen LogP contribution < -0.4 is 9.47 Å². The Labute approximate surface area is 252 Å². The molecule has 0 atom stereocenters. The van der Waals surface area contributed by atoms with Crippen molar-refractivity contribution in [3.05, 3.63) is 117 Å². The van der Waals surface area contributed by atoms with Crippen molar-refractivity contribution in [1.82, 2.24) is 4.90 Å². The number of ketones is 2. The molecule has 2 aliphatic carbocycles. The summed E-state index contributed by atoms with van der Waals surface area (Å²) in [5.41, 5.74) is 7.85. The minimum absolute atomic E-state index is 0.116. The van der Waals surface area contributed by atoms with E-state index in [9.17, 15) is 9.59 Å². The molecular formula is C36H36ClNO4. The molecule has 0 amide bonds. The number of carbonyl (C=O) groups excluding carboxylic acids is 2. The fraction of sp³-hybridized carbons (Fsp3) is 0.333. The Hall–Kier alpha value is -3.83. The quantitative estimate of drug-likeness (QED) is 0.271. The van der Waals surface area contributed by atoms with E-state index in [4.69, 9.17) is 21.1 Å². The van der Waals surface area contributed by atoms with Gasteiger partial charge in [0.25, 0.3) is 0 Å². The first-order valence-corrected chi connectivity index (χ1v) is 15.2. The molecule has 0 saturated heterocycles. The fourth-order valence-electron chi connectivity index (χ4n) is 6.71. The number of aryl methyl sites for hydroxylation is 1. The molecule has 0 saturated carbocycles. The molecule has 0 N–H and O–H groups in total. The van der Waals surface area contributed by atoms with E-state index in [1.807, 2.05) is 43.3 Å². The van der Waals surface area contributed by atoms with Crippen molar-refractivity contribution in [2.75, 3.05) is 13.7 Å². The van der Waals surface area contributed by atoms with E-state index in [1.165, 1.54) is 5.56 Å². The number of allylic oxidation sites excluding steroid dienone is 4. The summed E-state index contributed by atoms with van der Waals surface area (Å²) >= 11 is 6.88. The molecule has 6 heteroatoms. The first-order valence-electron chi connectivity index (χ1n) is 14.8. The largest absolute Gasteiger partial charge is 0.493 e. The summed E-state index contributed by atoms with van der Waals surface area (Å²) in [6.45, 7) is 3.13. The summed E-state index contributed by atoms with van der Waals surface area (Å²) in [6, 6.07) is 22.3. The Morgan fingerprint density at radius 3 is 2.14 bits per heavy atom. The van der Waals surface area contributed by atoms with Gasteiger partial charge in [-0.1, -0.05) is 71.8 Å². The highest BCUT2D eigenvalue weighted by molar-refractivity contribution is 6.32. The van der Waals surface area contributed by atoms with Crippen molar-refractivity contribution in [3.8, 4) is 11.5 Å². The number of hydrogen-bond donors (Lipinski definition) is 0. The van der Waals surface area contributed by atoms with Crippen molar-refractivity contribution in [2.45, 2.75) is 64.4 Å². The Morgan fingerprint density at radius 1 is 0.833 bits per heavy atom. The second-order valence-electron chi connectivity index (χ2n) is 11.4. The number of ether oxygens (including phenoxy) is 2. The second kappa shape index (κ2) is 12.2. The lowest BCUT2D eigenvalue weighted by atomic mass is 9.71. The van der Waals surface area contributed by atoms with E-state index in [-0.39, 0.29) is 11.6 Å². The third-order valence-corrected chi connectivity index (χ3v) is 8.88. The highest BCUT2D eigenvalue weighted by Gasteiger charge is 2.43. The normalized spacial score (nSPS) is 17.4. The molecule has 1 heterocycles. The van der Waals surface area contributed by atoms with Gasteiger partial charge in [-0.15, -0.1) is 0 Å². The van der Waals surface area contributed by atoms with Crippen molar-refractivity contribution >= 4 is 23.2 Å². The highest BCUT2D eigenvalue weighted by Crippen LogP contribution is 2.51. The van der Waals surface area contributed by atoms with Gasteiger partial charge in [-0.2, -0.15) is 0 Å². The van der Waals surface area contributed by atoms with Gasteiger partial charge in [-0.25, -0.2) is 0 Å². The number of hydrogen-bond acceptors (Lipinski definition) is 5. The van der Waals surface area contributed by atoms with E-state index in [1.54, 1.807) is 7.11 Å². The first kappa shape index (κ1) is 28.3. The topological polar surface area (TPSA) is 55.8 Å². The summed E-state index contributed by atoms with van der Waals surface area (Å²) < 4.78 is 11.9. The summed E-state index contributed by atoms with van der Waals surface area (Å²) in [5.74, 6) is 0.725. The minimum Gasteiger partial charge on any atom is -0.493 e. The zero-order chi connectivity index (χ0) is 29.2. The van der Waals surface area contributed by atoms with Crippen LogP contribution in [0.2, 0.25) is 5.02 Å². The average Bonchev–Trinajstić information content (AvgIpc) is 2.99. The monoisotopic (exact) mass is 581 g/mol. The molecule has 5 nitrogen and oxygen atoms in total. The van der Waals surface area contributed by atoms with Gasteiger partial charge in [0, 0.05) is 47.8 Å². The molecule has 0 spiro atoms. The van der Waals surface area contributed by atoms with Gasteiger partial charge in [0.05, 0.1) is 12.1 Å². The lowest BCUT2D eigenvalue weighted by Crippen LogP contribution is -2.40. The van der Waals surface area contributed by atoms with Gasteiger partial charge in [-0.05, 0) is 67.9 Å². The molecule has 216 valence electrons. The number of Topliss-reactive ketones (excluding diaryl/α,β-unsaturated/α-hetero) is 2. The molecule has 3 aliphatic rings. The van der Waals surface area contributed by atoms with E-state index in [2.05, 4.69) is 35.2 Å². The third kappa shape index (κ3) is 5.50. The first-order chi connectivity index (χ1) is 20.4. The second-order valence-corrected chi connectivity index (χ2v) is 11.8. The fourth-order valence-corrected chi connectivity index (χ4v) is 6.98. The summed E-state index contributed by atoms with van der Waals surface area (Å²) in [6.07, 6.45) is 5.09. The summed E-state index contributed by atoms with van der Waals surface area (Å²) in [7, 11) is 1.59. The van der Waals surface area contributed by atoms with E-state index >= 15 is 0 Å². The molecule has 3 aromatic rings. The molecule has 0 fully saturated rings. The Bertz CT molecular complexity index is 1550. The maximum absolute atomic E-state index is 13.7. The number of carbonyl (C=O) groups is 2. The van der Waals surface area contributed by atoms with Crippen LogP contribution in [0.3, 0.4) is 0 Å². The molecule has 42 heavy (non-hydrogen) atoms. The highest BCUT2D eigenvalue weighted by atomic mass is 35.5. The number of rotatable bonds is 8. The van der Waals surface area contributed by atoms with Crippen molar-refractivity contribution in [1.29, 1.82) is 0 Å². The number of nitrogens with zero attached hydrogens (tertiary/aromatic N) is 1. The van der Waals surface area contributed by atoms with Crippen LogP contribution in [0.15, 0.2) is 89.3 Å². The average molecular weight is 582 g/mol. The van der Waals surface area contributed by atoms with Crippen LogP contribution in [0.1, 0.15) is 66.7 Å². The lowest BCUT2D eigenvalue weighted by Gasteiger charge is -2.44. The number of halogens is 1. The smallest absolute Gasteiger partial charge is 0.180 e. The summed E-state index contributed by atoms with van der Waals surface area (Å²) in [5, 5.41) is 0.402. The van der Waals surface area contributed by atoms with E-state index in [0.717, 1.165) is 77.9 Å². The van der Waals surface area contributed by atoms with Crippen molar-refractivity contribution in [2.24, 2.45) is 0 Å². The van der Waals surface area contributed by atoms with Crippen molar-refractivity contribution < 1.29 is 19.1 Å². The molecular weight excluding hydrogens is 546 g/mol. The zero-order valence-electron chi connectivity index (χ0n) is 24.3. The van der Waals surface area contributed by atoms with Gasteiger partial charge >= 0.3 is 0 Å². The van der Waals surface area contributed by atoms with Crippen LogP contribution >= 0.6 is 11.6 Å². The van der Waals surface area contributed by atoms with Crippen LogP contribution in [0.5, 0.6) is 11.5 Å². The SMILES string of the molecule is COc1cc(C2C3=C(CCCC3=O)N(CCc3ccccc3)C3=C2C(=O)CCC3)cc(Cl)c1OCc1cccc(C)c1. The molecule has 0 aromatic heterocycles. The van der Waals surface area contributed by atoms with Gasteiger partial charge in [-0.3, -0.25) is 9.59 Å². The standard InChI is InChI=1S/C36H36ClNO4/c1-23-9-6-12-25(19-23)22-42-36-27(37)20-26(21-32(36)41-2)33-34-28(13-7-15-30(34)39)38(18-17-24-10-4-3-5-11-24)29-14-8-16-31(40)35(29)33/h3-6,9-12,19-21,33H,7-8,13-18,22H2,1-2H3. The van der Waals surface area contributed by atoms with Gasteiger partial charge < -0.3 is 14.4 Å². The third-order valence-electron chi connectivity index (χ3n) is 8.60. The van der Waals surface area contributed by atoms with E-state index < -0.39 is 5.92 Å². The van der Waals surface area contributed by atoms with Gasteiger partial charge in [0.15, 0.2) is 23.1 Å². The molecule has 0 radical (unpaired) electrons. The predicted molar refractivity (Wildman–Crippen MR) is 165 cm³/mol. The lowest BCUT2D eigenvalue weighted by molar-refractivity contribution is -0.117. The molecule has 6 rings (SSSR count). The van der Waals surface area contributed by atoms with Crippen molar-refractivity contribution in [3.63, 3.8) is 0 Å². The Morgan fingerprint density at radius 2 is 1.50 bits per heavy atom. The number of methoxy groups -OCH3 is 1. The van der Waals surface area contributed by atoms with Crippen LogP contribution in [0.4, 0.5) is 0 Å². The molecule has 3 aromatic carbocycles. The number of benzene rings is 3. The molecule has 0 bridgehead atoms. The predicted octanol–water partition coefficient (Wildman–Crippen LogP) is 7.89. The molecule has 1 aliphatic heterocycles. The Kier molecular flexibility index (Phi) is 8.21. The van der Waals surface area contributed by atoms with Crippen LogP contribution in [-0.4, -0.2) is 30.1 Å². The van der Waals surface area contributed by atoms with Gasteiger partial charge in [0.1, 0.15) is 6.61 Å². The maximum atomic E-state index is 13.7. The maximum Gasteiger partial charge on any atom is 0.180 e. The zero-order valence-corrected chi connectivity index (χ0v) is 25.0. The van der Waals surface area contributed by atoms with Crippen LogP contribution in [0.25, 0.3) is 0 Å². The van der Waals surface area contributed by atoms with Crippen LogP contribution in [0, 0.1) is 6.92 Å². The van der Waals surface area contributed by atoms with Gasteiger partial charge in [0.2, 0.25) is 0 Å². The molecule has 0 unspecified atom stereocenters. The minimum atomic E-state index is -0.458. The van der Waals surface area contributed by atoms with Crippen LogP contribution in [-0.2, 0) is 22.6 Å². The Balaban J connectivity index is 1.41.